The molecule has 0 radical (unpaired) electrons. The van der Waals surface area contributed by atoms with E-state index < -0.39 is 11.9 Å². The van der Waals surface area contributed by atoms with Gasteiger partial charge < -0.3 is 15.2 Å². The number of aliphatic hydroxyl groups is 1. The Balaban J connectivity index is 1.57. The smallest absolute Gasteiger partial charge is 0.165 e. The van der Waals surface area contributed by atoms with Gasteiger partial charge in [0.15, 0.2) is 11.6 Å². The highest BCUT2D eigenvalue weighted by Gasteiger charge is 2.27. The fourth-order valence-electron chi connectivity index (χ4n) is 2.34. The highest BCUT2D eigenvalue weighted by atomic mass is 19.1. The Morgan fingerprint density at radius 2 is 2.19 bits per heavy atom. The van der Waals surface area contributed by atoms with E-state index in [1.54, 1.807) is 18.2 Å². The Morgan fingerprint density at radius 3 is 2.86 bits per heavy atom. The number of halogens is 1. The van der Waals surface area contributed by atoms with Crippen LogP contribution in [0.2, 0.25) is 0 Å². The molecule has 2 N–H and O–H groups in total. The van der Waals surface area contributed by atoms with Crippen LogP contribution >= 0.6 is 0 Å². The third kappa shape index (κ3) is 5.61. The Morgan fingerprint density at radius 1 is 1.43 bits per heavy atom. The fraction of sp³-hybridized carbons (Fsp3) is 0.625. The Labute approximate surface area is 125 Å². The van der Waals surface area contributed by atoms with Gasteiger partial charge in [-0.2, -0.15) is 0 Å². The van der Waals surface area contributed by atoms with Crippen LogP contribution in [0.5, 0.6) is 5.75 Å². The molecule has 0 spiro atoms. The van der Waals surface area contributed by atoms with Crippen molar-refractivity contribution in [2.24, 2.45) is 0 Å². The highest BCUT2D eigenvalue weighted by Crippen LogP contribution is 2.25. The number of likely N-dealkylation sites (N-methyl/N-ethyl adjacent to an activating group) is 1. The summed E-state index contributed by atoms with van der Waals surface area (Å²) in [5, 5.41) is 13.0. The molecule has 0 aromatic heterocycles. The van der Waals surface area contributed by atoms with Crippen LogP contribution in [0.25, 0.3) is 0 Å². The van der Waals surface area contributed by atoms with Crippen molar-refractivity contribution in [3.63, 3.8) is 0 Å². The van der Waals surface area contributed by atoms with Crippen LogP contribution in [0, 0.1) is 5.82 Å². The van der Waals surface area contributed by atoms with Crippen LogP contribution in [-0.2, 0) is 0 Å². The summed E-state index contributed by atoms with van der Waals surface area (Å²) in [6, 6.07) is 6.99. The van der Waals surface area contributed by atoms with E-state index in [1.807, 2.05) is 0 Å². The highest BCUT2D eigenvalue weighted by molar-refractivity contribution is 5.23. The number of hydrogen-bond acceptors (Lipinski definition) is 4. The number of nitrogens with one attached hydrogen (secondary N) is 1. The number of ether oxygens (including phenoxy) is 1. The van der Waals surface area contributed by atoms with Crippen LogP contribution in [0.15, 0.2) is 24.3 Å². The molecule has 1 unspecified atom stereocenters. The molecule has 1 aliphatic rings. The molecule has 5 heteroatoms. The van der Waals surface area contributed by atoms with Gasteiger partial charge in [0.05, 0.1) is 0 Å². The zero-order valence-electron chi connectivity index (χ0n) is 12.6. The fourth-order valence-corrected chi connectivity index (χ4v) is 2.34. The van der Waals surface area contributed by atoms with E-state index in [4.69, 9.17) is 4.74 Å². The Hall–Kier alpha value is -1.17. The average molecular weight is 296 g/mol. The Bertz CT molecular complexity index is 426. The molecule has 0 heterocycles. The summed E-state index contributed by atoms with van der Waals surface area (Å²) < 4.78 is 18.6. The second kappa shape index (κ2) is 8.32. The largest absolute Gasteiger partial charge is 0.488 e. The lowest BCUT2D eigenvalue weighted by atomic mass is 10.3. The van der Waals surface area contributed by atoms with Gasteiger partial charge in [0.1, 0.15) is 12.7 Å². The number of rotatable bonds is 10. The van der Waals surface area contributed by atoms with E-state index >= 15 is 0 Å². The predicted molar refractivity (Wildman–Crippen MR) is 81.0 cm³/mol. The van der Waals surface area contributed by atoms with Crippen molar-refractivity contribution in [2.45, 2.75) is 31.9 Å². The van der Waals surface area contributed by atoms with Gasteiger partial charge in [0, 0.05) is 25.7 Å². The summed E-state index contributed by atoms with van der Waals surface area (Å²) in [6.45, 7) is 5.65. The molecule has 1 saturated carbocycles. The van der Waals surface area contributed by atoms with Gasteiger partial charge in [-0.05, 0) is 31.5 Å². The molecule has 1 fully saturated rings. The van der Waals surface area contributed by atoms with Crippen LogP contribution in [0.3, 0.4) is 0 Å². The number of para-hydroxylation sites is 1. The molecule has 1 aliphatic carbocycles. The van der Waals surface area contributed by atoms with Crippen LogP contribution in [-0.4, -0.2) is 54.9 Å². The monoisotopic (exact) mass is 296 g/mol. The van der Waals surface area contributed by atoms with Gasteiger partial charge in [-0.3, -0.25) is 4.90 Å². The third-order valence-corrected chi connectivity index (χ3v) is 3.69. The zero-order valence-corrected chi connectivity index (χ0v) is 12.6. The summed E-state index contributed by atoms with van der Waals surface area (Å²) in [6.07, 6.45) is 1.99. The van der Waals surface area contributed by atoms with E-state index in [-0.39, 0.29) is 12.4 Å². The molecule has 0 amide bonds. The maximum Gasteiger partial charge on any atom is 0.165 e. The molecule has 1 aromatic rings. The minimum atomic E-state index is -0.638. The number of aliphatic hydroxyl groups excluding tert-OH is 1. The summed E-state index contributed by atoms with van der Waals surface area (Å²) in [4.78, 5) is 2.45. The minimum absolute atomic E-state index is 0.0913. The first-order valence-electron chi connectivity index (χ1n) is 7.71. The normalized spacial score (nSPS) is 16.2. The number of benzene rings is 1. The molecule has 2 rings (SSSR count). The van der Waals surface area contributed by atoms with E-state index in [9.17, 15) is 9.50 Å². The van der Waals surface area contributed by atoms with Gasteiger partial charge in [-0.15, -0.1) is 0 Å². The van der Waals surface area contributed by atoms with Gasteiger partial charge >= 0.3 is 0 Å². The number of hydrogen-bond donors (Lipinski definition) is 2. The lowest BCUT2D eigenvalue weighted by Gasteiger charge is -2.20. The second-order valence-electron chi connectivity index (χ2n) is 5.46. The average Bonchev–Trinajstić information content (AvgIpc) is 3.31. The lowest BCUT2D eigenvalue weighted by molar-refractivity contribution is 0.103. The molecule has 0 bridgehead atoms. The summed E-state index contributed by atoms with van der Waals surface area (Å²) >= 11 is 0. The van der Waals surface area contributed by atoms with Crippen molar-refractivity contribution in [2.75, 3.05) is 32.8 Å². The molecule has 4 nitrogen and oxygen atoms in total. The van der Waals surface area contributed by atoms with Crippen LogP contribution < -0.4 is 10.1 Å². The van der Waals surface area contributed by atoms with Gasteiger partial charge in [-0.1, -0.05) is 19.1 Å². The van der Waals surface area contributed by atoms with Crippen LogP contribution in [0.1, 0.15) is 19.8 Å². The lowest BCUT2D eigenvalue weighted by Crippen LogP contribution is -2.38. The van der Waals surface area contributed by atoms with Gasteiger partial charge in [0.2, 0.25) is 0 Å². The molecule has 0 aliphatic heterocycles. The molecular weight excluding hydrogens is 271 g/mol. The first-order chi connectivity index (χ1) is 10.2. The molecular formula is C16H25FN2O2. The third-order valence-electron chi connectivity index (χ3n) is 3.69. The SMILES string of the molecule is CCN(CCNCC(O)COc1ccccc1F)C1CC1. The zero-order chi connectivity index (χ0) is 15.1. The van der Waals surface area contributed by atoms with Crippen molar-refractivity contribution in [3.05, 3.63) is 30.1 Å². The van der Waals surface area contributed by atoms with Gasteiger partial charge in [0.25, 0.3) is 0 Å². The number of nitrogens with zero attached hydrogens (tertiary/aromatic N) is 1. The summed E-state index contributed by atoms with van der Waals surface area (Å²) in [5.74, 6) is -0.219. The summed E-state index contributed by atoms with van der Waals surface area (Å²) in [7, 11) is 0. The molecule has 21 heavy (non-hydrogen) atoms. The van der Waals surface area contributed by atoms with E-state index in [0.29, 0.717) is 6.54 Å². The summed E-state index contributed by atoms with van der Waals surface area (Å²) in [5.41, 5.74) is 0. The van der Waals surface area contributed by atoms with Crippen LogP contribution in [0.4, 0.5) is 4.39 Å². The second-order valence-corrected chi connectivity index (χ2v) is 5.46. The van der Waals surface area contributed by atoms with Crippen molar-refractivity contribution in [1.29, 1.82) is 0 Å². The quantitative estimate of drug-likeness (QED) is 0.644. The van der Waals surface area contributed by atoms with Crippen molar-refractivity contribution in [3.8, 4) is 5.75 Å². The minimum Gasteiger partial charge on any atom is -0.488 e. The predicted octanol–water partition coefficient (Wildman–Crippen LogP) is 1.64. The molecule has 1 atom stereocenters. The van der Waals surface area contributed by atoms with Gasteiger partial charge in [-0.25, -0.2) is 4.39 Å². The molecule has 1 aromatic carbocycles. The molecule has 0 saturated heterocycles. The Kier molecular flexibility index (Phi) is 6.42. The van der Waals surface area contributed by atoms with Crippen molar-refractivity contribution in [1.82, 2.24) is 10.2 Å². The topological polar surface area (TPSA) is 44.7 Å². The van der Waals surface area contributed by atoms with E-state index in [0.717, 1.165) is 25.7 Å². The maximum atomic E-state index is 13.3. The molecule has 118 valence electrons. The first-order valence-corrected chi connectivity index (χ1v) is 7.71. The van der Waals surface area contributed by atoms with E-state index in [2.05, 4.69) is 17.1 Å². The van der Waals surface area contributed by atoms with Crippen molar-refractivity contribution >= 4 is 0 Å². The standard InChI is InChI=1S/C16H25FN2O2/c1-2-19(13-7-8-13)10-9-18-11-14(20)12-21-16-6-4-3-5-15(16)17/h3-6,13-14,18,20H,2,7-12H2,1H3. The maximum absolute atomic E-state index is 13.3. The van der Waals surface area contributed by atoms with E-state index in [1.165, 1.54) is 18.9 Å². The van der Waals surface area contributed by atoms with Crippen molar-refractivity contribution < 1.29 is 14.2 Å². The first kappa shape index (κ1) is 16.2.